The van der Waals surface area contributed by atoms with Crippen LogP contribution in [0.4, 0.5) is 0 Å². The number of methoxy groups -OCH3 is 1. The molecule has 0 fully saturated rings. The highest BCUT2D eigenvalue weighted by atomic mass is 16.5. The van der Waals surface area contributed by atoms with Crippen LogP contribution in [-0.2, 0) is 11.3 Å². The number of ketones is 1. The van der Waals surface area contributed by atoms with Crippen molar-refractivity contribution in [3.05, 3.63) is 23.9 Å². The van der Waals surface area contributed by atoms with Gasteiger partial charge in [0, 0.05) is 30.0 Å². The van der Waals surface area contributed by atoms with Gasteiger partial charge in [-0.2, -0.15) is 5.10 Å². The van der Waals surface area contributed by atoms with Crippen molar-refractivity contribution in [1.82, 2.24) is 14.7 Å². The molecular formula is C23H35N3O3. The monoisotopic (exact) mass is 401 g/mol. The number of carbonyl (C=O) groups excluding carboxylic acids is 2. The lowest BCUT2D eigenvalue weighted by Crippen LogP contribution is -2.39. The Kier molecular flexibility index (Phi) is 7.09. The van der Waals surface area contributed by atoms with Crippen molar-refractivity contribution < 1.29 is 14.3 Å². The number of hydrogen-bond acceptors (Lipinski definition) is 4. The third kappa shape index (κ3) is 5.58. The summed E-state index contributed by atoms with van der Waals surface area (Å²) >= 11 is 0. The van der Waals surface area contributed by atoms with Gasteiger partial charge in [0.2, 0.25) is 5.91 Å². The highest BCUT2D eigenvalue weighted by molar-refractivity contribution is 6.08. The molecule has 0 spiro atoms. The molecule has 0 atom stereocenters. The smallest absolute Gasteiger partial charge is 0.244 e. The van der Waals surface area contributed by atoms with Gasteiger partial charge in [0.15, 0.2) is 5.78 Å². The van der Waals surface area contributed by atoms with Gasteiger partial charge in [-0.25, -0.2) is 0 Å². The van der Waals surface area contributed by atoms with E-state index in [0.717, 1.165) is 10.9 Å². The molecular weight excluding hydrogens is 366 g/mol. The largest absolute Gasteiger partial charge is 0.497 e. The third-order valence-electron chi connectivity index (χ3n) is 4.66. The van der Waals surface area contributed by atoms with Crippen molar-refractivity contribution in [3.8, 4) is 5.75 Å². The molecule has 1 heterocycles. The van der Waals surface area contributed by atoms with Gasteiger partial charge in [0.05, 0.1) is 12.6 Å². The number of benzene rings is 1. The van der Waals surface area contributed by atoms with Crippen molar-refractivity contribution in [2.45, 2.75) is 55.0 Å². The van der Waals surface area contributed by atoms with Gasteiger partial charge in [-0.15, -0.1) is 0 Å². The molecule has 0 saturated carbocycles. The second-order valence-electron chi connectivity index (χ2n) is 9.55. The first-order chi connectivity index (χ1) is 13.4. The van der Waals surface area contributed by atoms with E-state index in [1.165, 1.54) is 0 Å². The van der Waals surface area contributed by atoms with Crippen molar-refractivity contribution in [3.63, 3.8) is 0 Å². The maximum Gasteiger partial charge on any atom is 0.244 e. The van der Waals surface area contributed by atoms with E-state index in [1.807, 2.05) is 43.9 Å². The molecule has 0 unspecified atom stereocenters. The molecule has 6 nitrogen and oxygen atoms in total. The molecule has 1 amide bonds. The second kappa shape index (κ2) is 8.97. The Morgan fingerprint density at radius 1 is 1.10 bits per heavy atom. The lowest BCUT2D eigenvalue weighted by atomic mass is 9.88. The number of nitrogens with zero attached hydrogens (tertiary/aromatic N) is 3. The Morgan fingerprint density at radius 3 is 2.17 bits per heavy atom. The Hall–Kier alpha value is -2.37. The molecule has 0 aliphatic heterocycles. The molecule has 2 rings (SSSR count). The summed E-state index contributed by atoms with van der Waals surface area (Å²) in [5, 5.41) is 5.32. The first kappa shape index (κ1) is 22.9. The fourth-order valence-corrected chi connectivity index (χ4v) is 3.31. The van der Waals surface area contributed by atoms with E-state index in [-0.39, 0.29) is 18.2 Å². The number of ether oxygens (including phenoxy) is 1. The molecule has 1 aromatic heterocycles. The third-order valence-corrected chi connectivity index (χ3v) is 4.66. The molecule has 0 bridgehead atoms. The number of aromatic nitrogens is 2. The standard InChI is InChI=1S/C23H35N3O3/c1-15(2)12-25(13-16(3)4)20(27)14-26-19-11-17(29-8)9-10-18(19)21(24-26)22(28)23(5,6)7/h9-11,15-16H,12-14H2,1-8H3. The lowest BCUT2D eigenvalue weighted by molar-refractivity contribution is -0.133. The van der Waals surface area contributed by atoms with Crippen LogP contribution in [0, 0.1) is 17.3 Å². The van der Waals surface area contributed by atoms with Crippen LogP contribution in [0.3, 0.4) is 0 Å². The van der Waals surface area contributed by atoms with E-state index in [2.05, 4.69) is 32.8 Å². The van der Waals surface area contributed by atoms with Gasteiger partial charge >= 0.3 is 0 Å². The van der Waals surface area contributed by atoms with Gasteiger partial charge in [-0.3, -0.25) is 14.3 Å². The van der Waals surface area contributed by atoms with Gasteiger partial charge in [-0.05, 0) is 24.0 Å². The molecule has 0 radical (unpaired) electrons. The van der Waals surface area contributed by atoms with Crippen molar-refractivity contribution >= 4 is 22.6 Å². The zero-order chi connectivity index (χ0) is 21.9. The van der Waals surface area contributed by atoms with Gasteiger partial charge < -0.3 is 9.64 Å². The average molecular weight is 402 g/mol. The van der Waals surface area contributed by atoms with Crippen molar-refractivity contribution in [1.29, 1.82) is 0 Å². The van der Waals surface area contributed by atoms with Crippen LogP contribution in [0.5, 0.6) is 5.75 Å². The zero-order valence-electron chi connectivity index (χ0n) is 19.1. The molecule has 1 aromatic carbocycles. The number of fused-ring (bicyclic) bond motifs is 1. The summed E-state index contributed by atoms with van der Waals surface area (Å²) in [5.41, 5.74) is 0.582. The summed E-state index contributed by atoms with van der Waals surface area (Å²) in [7, 11) is 1.60. The number of carbonyl (C=O) groups is 2. The number of amides is 1. The summed E-state index contributed by atoms with van der Waals surface area (Å²) in [6.45, 7) is 15.6. The Labute approximate surface area is 174 Å². The van der Waals surface area contributed by atoms with Crippen LogP contribution >= 0.6 is 0 Å². The molecule has 0 aliphatic carbocycles. The van der Waals surface area contributed by atoms with E-state index >= 15 is 0 Å². The van der Waals surface area contributed by atoms with Crippen LogP contribution < -0.4 is 4.74 Å². The maximum absolute atomic E-state index is 13.1. The summed E-state index contributed by atoms with van der Waals surface area (Å²) in [4.78, 5) is 28.0. The Bertz CT molecular complexity index is 865. The summed E-state index contributed by atoms with van der Waals surface area (Å²) in [5.74, 6) is 1.40. The highest BCUT2D eigenvalue weighted by Crippen LogP contribution is 2.29. The summed E-state index contributed by atoms with van der Waals surface area (Å²) in [6.07, 6.45) is 0. The van der Waals surface area contributed by atoms with Crippen LogP contribution in [-0.4, -0.2) is 46.6 Å². The first-order valence-electron chi connectivity index (χ1n) is 10.3. The minimum Gasteiger partial charge on any atom is -0.497 e. The average Bonchev–Trinajstić information content (AvgIpc) is 2.96. The van der Waals surface area contributed by atoms with Gasteiger partial charge in [-0.1, -0.05) is 48.5 Å². The normalized spacial score (nSPS) is 12.1. The van der Waals surface area contributed by atoms with E-state index < -0.39 is 5.41 Å². The Balaban J connectivity index is 2.47. The maximum atomic E-state index is 13.1. The van der Waals surface area contributed by atoms with E-state index in [4.69, 9.17) is 4.74 Å². The van der Waals surface area contributed by atoms with Crippen LogP contribution in [0.1, 0.15) is 59.0 Å². The highest BCUT2D eigenvalue weighted by Gasteiger charge is 2.29. The SMILES string of the molecule is COc1ccc2c(C(=O)C(C)(C)C)nn(CC(=O)N(CC(C)C)CC(C)C)c2c1. The summed E-state index contributed by atoms with van der Waals surface area (Å²) < 4.78 is 7.00. The quantitative estimate of drug-likeness (QED) is 0.615. The van der Waals surface area contributed by atoms with E-state index in [9.17, 15) is 9.59 Å². The lowest BCUT2D eigenvalue weighted by Gasteiger charge is -2.26. The van der Waals surface area contributed by atoms with Gasteiger partial charge in [0.1, 0.15) is 18.0 Å². The number of hydrogen-bond donors (Lipinski definition) is 0. The minimum absolute atomic E-state index is 0.00868. The van der Waals surface area contributed by atoms with E-state index in [0.29, 0.717) is 36.4 Å². The molecule has 0 saturated heterocycles. The second-order valence-corrected chi connectivity index (χ2v) is 9.55. The molecule has 160 valence electrons. The molecule has 2 aromatic rings. The van der Waals surface area contributed by atoms with Crippen LogP contribution in [0.2, 0.25) is 0 Å². The van der Waals surface area contributed by atoms with Crippen LogP contribution in [0.15, 0.2) is 18.2 Å². The predicted molar refractivity (Wildman–Crippen MR) is 116 cm³/mol. The molecule has 29 heavy (non-hydrogen) atoms. The number of Topliss-reactive ketones (excluding diaryl/α,β-unsaturated/α-hetero) is 1. The van der Waals surface area contributed by atoms with Crippen molar-refractivity contribution in [2.24, 2.45) is 17.3 Å². The number of rotatable bonds is 8. The molecule has 0 N–H and O–H groups in total. The fraction of sp³-hybridized carbons (Fsp3) is 0.609. The zero-order valence-corrected chi connectivity index (χ0v) is 19.1. The van der Waals surface area contributed by atoms with E-state index in [1.54, 1.807) is 11.8 Å². The minimum atomic E-state index is -0.558. The summed E-state index contributed by atoms with van der Waals surface area (Å²) in [6, 6.07) is 5.50. The first-order valence-corrected chi connectivity index (χ1v) is 10.3. The molecule has 0 aliphatic rings. The topological polar surface area (TPSA) is 64.4 Å². The predicted octanol–water partition coefficient (Wildman–Crippen LogP) is 4.41. The fourth-order valence-electron chi connectivity index (χ4n) is 3.31. The van der Waals surface area contributed by atoms with Crippen LogP contribution in [0.25, 0.3) is 10.9 Å². The van der Waals surface area contributed by atoms with Crippen molar-refractivity contribution in [2.75, 3.05) is 20.2 Å². The Morgan fingerprint density at radius 2 is 1.69 bits per heavy atom. The van der Waals surface area contributed by atoms with Gasteiger partial charge in [0.25, 0.3) is 0 Å². The molecule has 6 heteroatoms.